The molecule has 1 spiro atoms. The third-order valence-electron chi connectivity index (χ3n) is 6.59. The van der Waals surface area contributed by atoms with E-state index in [-0.39, 0.29) is 16.3 Å². The minimum absolute atomic E-state index is 0.0450. The maximum atomic E-state index is 13.0. The molecule has 5 rings (SSSR count). The van der Waals surface area contributed by atoms with E-state index in [1.165, 1.54) is 18.6 Å². The number of carbonyl (C=O) groups excluding carboxylic acids is 1. The van der Waals surface area contributed by atoms with Gasteiger partial charge in [-0.15, -0.1) is 0 Å². The van der Waals surface area contributed by atoms with E-state index >= 15 is 0 Å². The van der Waals surface area contributed by atoms with Crippen LogP contribution in [0.5, 0.6) is 0 Å². The lowest BCUT2D eigenvalue weighted by atomic mass is 9.77. The summed E-state index contributed by atoms with van der Waals surface area (Å²) in [6.07, 6.45) is 7.60. The summed E-state index contributed by atoms with van der Waals surface area (Å²) < 4.78 is 25.2. The first-order chi connectivity index (χ1) is 15.3. The molecule has 3 heterocycles. The van der Waals surface area contributed by atoms with Crippen LogP contribution in [0.4, 0.5) is 17.5 Å². The van der Waals surface area contributed by atoms with Crippen LogP contribution in [0.3, 0.4) is 0 Å². The zero-order valence-corrected chi connectivity index (χ0v) is 18.7. The van der Waals surface area contributed by atoms with Crippen molar-refractivity contribution in [1.82, 2.24) is 14.5 Å². The number of nitrogens with zero attached hydrogens (tertiary/aromatic N) is 4. The molecule has 1 aliphatic heterocycles. The molecule has 0 unspecified atom stereocenters. The van der Waals surface area contributed by atoms with E-state index in [1.54, 1.807) is 18.3 Å². The molecule has 10 heteroatoms. The van der Waals surface area contributed by atoms with Gasteiger partial charge in [0, 0.05) is 23.8 Å². The van der Waals surface area contributed by atoms with Crippen molar-refractivity contribution < 1.29 is 13.2 Å². The number of fused-ring (bicyclic) bond motifs is 4. The van der Waals surface area contributed by atoms with E-state index in [9.17, 15) is 13.2 Å². The van der Waals surface area contributed by atoms with E-state index < -0.39 is 10.0 Å². The summed E-state index contributed by atoms with van der Waals surface area (Å²) in [5.41, 5.74) is 1.23. The van der Waals surface area contributed by atoms with Gasteiger partial charge < -0.3 is 9.88 Å². The number of sulfonamides is 1. The van der Waals surface area contributed by atoms with Crippen LogP contribution in [0.1, 0.15) is 45.4 Å². The van der Waals surface area contributed by atoms with Gasteiger partial charge in [0.25, 0.3) is 0 Å². The Bertz CT molecular complexity index is 1290. The van der Waals surface area contributed by atoms with Crippen molar-refractivity contribution in [2.75, 3.05) is 16.8 Å². The predicted molar refractivity (Wildman–Crippen MR) is 122 cm³/mol. The molecule has 32 heavy (non-hydrogen) atoms. The zero-order chi connectivity index (χ0) is 22.5. The summed E-state index contributed by atoms with van der Waals surface area (Å²) in [5, 5.41) is 9.21. The third kappa shape index (κ3) is 3.43. The maximum Gasteiger partial charge on any atom is 0.238 e. The molecule has 0 saturated heterocycles. The highest BCUT2D eigenvalue weighted by atomic mass is 32.2. The van der Waals surface area contributed by atoms with Crippen LogP contribution in [-0.4, -0.2) is 35.4 Å². The average Bonchev–Trinajstić information content (AvgIpc) is 3.14. The van der Waals surface area contributed by atoms with Crippen molar-refractivity contribution >= 4 is 44.4 Å². The smallest absolute Gasteiger partial charge is 0.238 e. The van der Waals surface area contributed by atoms with E-state index in [1.807, 2.05) is 17.9 Å². The fourth-order valence-electron chi connectivity index (χ4n) is 5.09. The number of carbonyl (C=O) groups is 1. The fraction of sp³-hybridized carbons (Fsp3) is 0.409. The Kier molecular flexibility index (Phi) is 4.94. The first-order valence-corrected chi connectivity index (χ1v) is 12.4. The lowest BCUT2D eigenvalue weighted by Gasteiger charge is -2.45. The number of nitrogens with one attached hydrogen (secondary N) is 1. The van der Waals surface area contributed by atoms with Crippen molar-refractivity contribution in [3.05, 3.63) is 36.5 Å². The Labute approximate surface area is 186 Å². The van der Waals surface area contributed by atoms with Gasteiger partial charge >= 0.3 is 0 Å². The van der Waals surface area contributed by atoms with Gasteiger partial charge in [0.1, 0.15) is 11.5 Å². The van der Waals surface area contributed by atoms with Crippen LogP contribution in [0.25, 0.3) is 11.0 Å². The molecule has 1 aromatic carbocycles. The molecule has 0 bridgehead atoms. The molecule has 1 aliphatic carbocycles. The van der Waals surface area contributed by atoms with Crippen LogP contribution in [0.2, 0.25) is 0 Å². The van der Waals surface area contributed by atoms with Crippen LogP contribution in [0, 0.1) is 0 Å². The quantitative estimate of drug-likeness (QED) is 0.624. The lowest BCUT2D eigenvalue weighted by molar-refractivity contribution is -0.122. The van der Waals surface area contributed by atoms with Gasteiger partial charge in [0.05, 0.1) is 16.9 Å². The monoisotopic (exact) mass is 454 g/mol. The highest BCUT2D eigenvalue weighted by Crippen LogP contribution is 2.47. The van der Waals surface area contributed by atoms with Crippen LogP contribution in [-0.2, 0) is 20.4 Å². The van der Waals surface area contributed by atoms with Gasteiger partial charge in [-0.05, 0) is 50.1 Å². The molecule has 3 aromatic rings. The molecule has 1 amide bonds. The summed E-state index contributed by atoms with van der Waals surface area (Å²) in [5.74, 6) is 1.48. The van der Waals surface area contributed by atoms with E-state index in [4.69, 9.17) is 10.1 Å². The van der Waals surface area contributed by atoms with E-state index in [0.29, 0.717) is 24.6 Å². The number of anilines is 3. The van der Waals surface area contributed by atoms with Crippen LogP contribution >= 0.6 is 0 Å². The second-order valence-corrected chi connectivity index (χ2v) is 10.2. The summed E-state index contributed by atoms with van der Waals surface area (Å²) >= 11 is 0. The molecule has 2 aromatic heterocycles. The number of aromatic nitrogens is 3. The highest BCUT2D eigenvalue weighted by molar-refractivity contribution is 7.89. The minimum Gasteiger partial charge on any atom is -0.324 e. The molecule has 0 radical (unpaired) electrons. The number of amides is 1. The highest BCUT2D eigenvalue weighted by Gasteiger charge is 2.44. The first kappa shape index (κ1) is 20.9. The molecular weight excluding hydrogens is 428 g/mol. The molecule has 0 atom stereocenters. The first-order valence-electron chi connectivity index (χ1n) is 10.9. The van der Waals surface area contributed by atoms with Gasteiger partial charge in [0.15, 0.2) is 0 Å². The standard InChI is InChI=1S/C22H26N6O3S/c1-2-27-18-12-15-14-24-21(25-16-6-8-17(9-7-16)32(23,30)31)26-20(15)28(18)22(13-19(27)29)10-4-3-5-11-22/h6-9,12,14H,2-5,10-11,13H2,1H3,(H2,23,30,31)(H,24,25,26). The Balaban J connectivity index is 1.57. The predicted octanol–water partition coefficient (Wildman–Crippen LogP) is 3.24. The van der Waals surface area contributed by atoms with Crippen LogP contribution in [0.15, 0.2) is 41.4 Å². The number of nitrogens with two attached hydrogens (primary N) is 1. The van der Waals surface area contributed by atoms with Crippen LogP contribution < -0.4 is 15.4 Å². The van der Waals surface area contributed by atoms with Gasteiger partial charge in [0.2, 0.25) is 21.9 Å². The lowest BCUT2D eigenvalue weighted by Crippen LogP contribution is -2.49. The Hall–Kier alpha value is -2.98. The molecule has 2 aliphatic rings. The van der Waals surface area contributed by atoms with Crippen molar-refractivity contribution in [2.24, 2.45) is 5.14 Å². The van der Waals surface area contributed by atoms with Crippen molar-refractivity contribution in [3.63, 3.8) is 0 Å². The Morgan fingerprint density at radius 1 is 1.16 bits per heavy atom. The largest absolute Gasteiger partial charge is 0.324 e. The summed E-state index contributed by atoms with van der Waals surface area (Å²) in [6.45, 7) is 2.60. The number of benzene rings is 1. The molecule has 3 N–H and O–H groups in total. The van der Waals surface area contributed by atoms with Gasteiger partial charge in [-0.3, -0.25) is 9.69 Å². The number of hydrogen-bond acceptors (Lipinski definition) is 6. The Morgan fingerprint density at radius 3 is 2.53 bits per heavy atom. The van der Waals surface area contributed by atoms with Gasteiger partial charge in [-0.1, -0.05) is 19.3 Å². The number of rotatable bonds is 4. The normalized spacial score (nSPS) is 18.2. The summed E-state index contributed by atoms with van der Waals surface area (Å²) in [6, 6.07) is 8.15. The molecule has 9 nitrogen and oxygen atoms in total. The SMILES string of the molecule is CCN1C(=O)CC2(CCCCC2)n2c1cc1cnc(Nc3ccc(S(N)(=O)=O)cc3)nc12. The van der Waals surface area contributed by atoms with E-state index in [0.717, 1.165) is 42.5 Å². The fourth-order valence-corrected chi connectivity index (χ4v) is 5.61. The van der Waals surface area contributed by atoms with E-state index in [2.05, 4.69) is 14.9 Å². The van der Waals surface area contributed by atoms with Gasteiger partial charge in [-0.25, -0.2) is 18.5 Å². The number of hydrogen-bond donors (Lipinski definition) is 2. The Morgan fingerprint density at radius 2 is 1.88 bits per heavy atom. The van der Waals surface area contributed by atoms with Crippen molar-refractivity contribution in [2.45, 2.75) is 55.9 Å². The van der Waals surface area contributed by atoms with Gasteiger partial charge in [-0.2, -0.15) is 4.98 Å². The minimum atomic E-state index is -3.75. The topological polar surface area (TPSA) is 123 Å². The van der Waals surface area contributed by atoms with Crippen molar-refractivity contribution in [3.8, 4) is 0 Å². The average molecular weight is 455 g/mol. The maximum absolute atomic E-state index is 13.0. The van der Waals surface area contributed by atoms with Crippen molar-refractivity contribution in [1.29, 1.82) is 0 Å². The summed E-state index contributed by atoms with van der Waals surface area (Å²) in [7, 11) is -3.75. The number of primary sulfonamides is 1. The summed E-state index contributed by atoms with van der Waals surface area (Å²) in [4.78, 5) is 24.1. The molecule has 168 valence electrons. The molecular formula is C22H26N6O3S. The zero-order valence-electron chi connectivity index (χ0n) is 17.9. The third-order valence-corrected chi connectivity index (χ3v) is 7.52. The molecule has 1 saturated carbocycles. The molecule has 1 fully saturated rings. The second-order valence-electron chi connectivity index (χ2n) is 8.60. The second kappa shape index (κ2) is 7.56.